The first-order valence-corrected chi connectivity index (χ1v) is 8.21. The number of methoxy groups -OCH3 is 2. The van der Waals surface area contributed by atoms with E-state index in [0.717, 1.165) is 18.2 Å². The van der Waals surface area contributed by atoms with E-state index < -0.39 is 40.1 Å². The molecule has 0 saturated heterocycles. The van der Waals surface area contributed by atoms with Crippen LogP contribution in [0, 0.1) is 28.7 Å². The zero-order chi connectivity index (χ0) is 21.3. The van der Waals surface area contributed by atoms with E-state index in [4.69, 9.17) is 18.6 Å². The third kappa shape index (κ3) is 3.68. The van der Waals surface area contributed by atoms with Crippen LogP contribution in [0.4, 0.5) is 14.5 Å². The Kier molecular flexibility index (Phi) is 5.35. The smallest absolute Gasteiger partial charge is 0.336 e. The monoisotopic (exact) mass is 407 g/mol. The molecular formula is C19H15F2NO7. The number of halogens is 2. The van der Waals surface area contributed by atoms with E-state index in [1.54, 1.807) is 0 Å². The van der Waals surface area contributed by atoms with Crippen LogP contribution in [0.25, 0.3) is 11.0 Å². The number of fused-ring (bicyclic) bond motifs is 1. The molecule has 8 nitrogen and oxygen atoms in total. The highest BCUT2D eigenvalue weighted by Gasteiger charge is 2.23. The van der Waals surface area contributed by atoms with Gasteiger partial charge in [-0.3, -0.25) is 10.1 Å². The number of hydrogen-bond donors (Lipinski definition) is 0. The molecule has 1 heterocycles. The van der Waals surface area contributed by atoms with Gasteiger partial charge in [0.15, 0.2) is 28.6 Å². The van der Waals surface area contributed by atoms with Crippen LogP contribution < -0.4 is 19.8 Å². The van der Waals surface area contributed by atoms with Crippen LogP contribution in [0.5, 0.6) is 17.2 Å². The molecule has 10 heteroatoms. The lowest BCUT2D eigenvalue weighted by molar-refractivity contribution is -0.385. The third-order valence-electron chi connectivity index (χ3n) is 4.25. The highest BCUT2D eigenvalue weighted by Crippen LogP contribution is 2.36. The lowest BCUT2D eigenvalue weighted by Crippen LogP contribution is -2.06. The van der Waals surface area contributed by atoms with Gasteiger partial charge in [0.2, 0.25) is 5.82 Å². The maximum absolute atomic E-state index is 14.7. The molecule has 0 aliphatic rings. The first-order chi connectivity index (χ1) is 13.8. The maximum Gasteiger partial charge on any atom is 0.336 e. The summed E-state index contributed by atoms with van der Waals surface area (Å²) in [7, 11) is 2.65. The summed E-state index contributed by atoms with van der Waals surface area (Å²) in [5, 5.41) is 11.4. The van der Waals surface area contributed by atoms with Crippen molar-refractivity contribution in [3.05, 3.63) is 67.6 Å². The van der Waals surface area contributed by atoms with E-state index in [1.807, 2.05) is 0 Å². The van der Waals surface area contributed by atoms with Crippen LogP contribution in [-0.2, 0) is 6.61 Å². The number of benzene rings is 2. The second-order valence-corrected chi connectivity index (χ2v) is 6.01. The summed E-state index contributed by atoms with van der Waals surface area (Å²) in [6.45, 7) is 0.956. The molecule has 0 radical (unpaired) electrons. The average Bonchev–Trinajstić information content (AvgIpc) is 2.68. The number of nitro groups is 1. The summed E-state index contributed by atoms with van der Waals surface area (Å²) < 4.78 is 49.3. The fraction of sp³-hybridized carbons (Fsp3) is 0.211. The Morgan fingerprint density at radius 1 is 1.10 bits per heavy atom. The summed E-state index contributed by atoms with van der Waals surface area (Å²) >= 11 is 0. The molecule has 1 aromatic heterocycles. The van der Waals surface area contributed by atoms with E-state index in [9.17, 15) is 23.7 Å². The van der Waals surface area contributed by atoms with E-state index >= 15 is 0 Å². The SMILES string of the molecule is COc1cc(COc2c(F)cc3c(C)cc(=O)oc3c2F)c([N+](=O)[O-])cc1OC. The Bertz CT molecular complexity index is 1170. The third-order valence-corrected chi connectivity index (χ3v) is 4.25. The van der Waals surface area contributed by atoms with Crippen molar-refractivity contribution >= 4 is 16.7 Å². The first-order valence-electron chi connectivity index (χ1n) is 8.21. The van der Waals surface area contributed by atoms with Crippen LogP contribution in [0.1, 0.15) is 11.1 Å². The van der Waals surface area contributed by atoms with Gasteiger partial charge in [-0.1, -0.05) is 0 Å². The largest absolute Gasteiger partial charge is 0.493 e. The molecule has 0 N–H and O–H groups in total. The molecule has 0 aliphatic carbocycles. The van der Waals surface area contributed by atoms with Crippen LogP contribution in [0.15, 0.2) is 33.5 Å². The van der Waals surface area contributed by atoms with E-state index in [0.29, 0.717) is 5.56 Å². The van der Waals surface area contributed by atoms with Crippen LogP contribution in [0.2, 0.25) is 0 Å². The van der Waals surface area contributed by atoms with E-state index in [2.05, 4.69) is 0 Å². The second kappa shape index (κ2) is 7.74. The van der Waals surface area contributed by atoms with Crippen molar-refractivity contribution in [2.75, 3.05) is 14.2 Å². The van der Waals surface area contributed by atoms with Crippen molar-refractivity contribution in [3.8, 4) is 17.2 Å². The topological polar surface area (TPSA) is 101 Å². The van der Waals surface area contributed by atoms with Gasteiger partial charge in [-0.25, -0.2) is 9.18 Å². The molecule has 0 saturated carbocycles. The van der Waals surface area contributed by atoms with E-state index in [-0.39, 0.29) is 28.1 Å². The molecule has 29 heavy (non-hydrogen) atoms. The highest BCUT2D eigenvalue weighted by molar-refractivity contribution is 5.82. The molecule has 3 rings (SSSR count). The molecule has 152 valence electrons. The van der Waals surface area contributed by atoms with Gasteiger partial charge in [0, 0.05) is 11.5 Å². The zero-order valence-electron chi connectivity index (χ0n) is 15.6. The fourth-order valence-electron chi connectivity index (χ4n) is 2.84. The minimum atomic E-state index is -1.22. The molecule has 0 unspecified atom stereocenters. The molecule has 2 aromatic carbocycles. The number of hydrogen-bond acceptors (Lipinski definition) is 7. The average molecular weight is 407 g/mol. The number of rotatable bonds is 6. The standard InChI is InChI=1S/C19H15F2NO7/c1-9-4-16(23)29-18-11(9)6-12(20)19(17(18)21)28-8-10-5-14(26-2)15(27-3)7-13(10)22(24)25/h4-7H,8H2,1-3H3. The quantitative estimate of drug-likeness (QED) is 0.347. The van der Waals surface area contributed by atoms with Crippen molar-refractivity contribution in [1.82, 2.24) is 0 Å². The fourth-order valence-corrected chi connectivity index (χ4v) is 2.84. The normalized spacial score (nSPS) is 10.8. The van der Waals surface area contributed by atoms with Gasteiger partial charge in [-0.15, -0.1) is 0 Å². The predicted molar refractivity (Wildman–Crippen MR) is 97.7 cm³/mol. The number of nitro benzene ring substituents is 1. The molecule has 0 aliphatic heterocycles. The minimum Gasteiger partial charge on any atom is -0.493 e. The van der Waals surface area contributed by atoms with Gasteiger partial charge in [0.1, 0.15) is 6.61 Å². The zero-order valence-corrected chi connectivity index (χ0v) is 15.6. The Hall–Kier alpha value is -3.69. The van der Waals surface area contributed by atoms with Crippen LogP contribution >= 0.6 is 0 Å². The van der Waals surface area contributed by atoms with Crippen molar-refractivity contribution in [2.45, 2.75) is 13.5 Å². The summed E-state index contributed by atoms with van der Waals surface area (Å²) in [5.41, 5.74) is -1.32. The summed E-state index contributed by atoms with van der Waals surface area (Å²) in [6.07, 6.45) is 0. The lowest BCUT2D eigenvalue weighted by atomic mass is 10.1. The molecule has 0 bridgehead atoms. The highest BCUT2D eigenvalue weighted by atomic mass is 19.1. The van der Waals surface area contributed by atoms with Gasteiger partial charge in [0.25, 0.3) is 5.69 Å². The van der Waals surface area contributed by atoms with Crippen molar-refractivity contribution in [1.29, 1.82) is 0 Å². The molecule has 0 spiro atoms. The van der Waals surface area contributed by atoms with Crippen molar-refractivity contribution < 1.29 is 32.3 Å². The Labute approximate surface area is 162 Å². The van der Waals surface area contributed by atoms with Gasteiger partial charge in [0.05, 0.1) is 30.8 Å². The first kappa shape index (κ1) is 20.1. The van der Waals surface area contributed by atoms with Gasteiger partial charge in [-0.05, 0) is 24.6 Å². The Morgan fingerprint density at radius 3 is 2.38 bits per heavy atom. The predicted octanol–water partition coefficient (Wildman–Crippen LogP) is 3.88. The molecule has 0 fully saturated rings. The molecular weight excluding hydrogens is 392 g/mol. The van der Waals surface area contributed by atoms with Gasteiger partial charge < -0.3 is 18.6 Å². The Balaban J connectivity index is 2.05. The second-order valence-electron chi connectivity index (χ2n) is 6.01. The van der Waals surface area contributed by atoms with Gasteiger partial charge >= 0.3 is 5.63 Å². The maximum atomic E-state index is 14.7. The summed E-state index contributed by atoms with van der Waals surface area (Å²) in [4.78, 5) is 22.2. The van der Waals surface area contributed by atoms with Crippen molar-refractivity contribution in [2.24, 2.45) is 0 Å². The summed E-state index contributed by atoms with van der Waals surface area (Å²) in [5.74, 6) is -2.80. The number of aryl methyl sites for hydroxylation is 1. The van der Waals surface area contributed by atoms with Gasteiger partial charge in [-0.2, -0.15) is 4.39 Å². The van der Waals surface area contributed by atoms with Crippen LogP contribution in [-0.4, -0.2) is 19.1 Å². The summed E-state index contributed by atoms with van der Waals surface area (Å²) in [6, 6.07) is 4.47. The lowest BCUT2D eigenvalue weighted by Gasteiger charge is -2.13. The molecule has 0 atom stereocenters. The number of ether oxygens (including phenoxy) is 3. The van der Waals surface area contributed by atoms with E-state index in [1.165, 1.54) is 27.2 Å². The minimum absolute atomic E-state index is 0.00255. The Morgan fingerprint density at radius 2 is 1.76 bits per heavy atom. The number of nitrogens with zero attached hydrogens (tertiary/aromatic N) is 1. The van der Waals surface area contributed by atoms with Crippen molar-refractivity contribution in [3.63, 3.8) is 0 Å². The molecule has 3 aromatic rings. The van der Waals surface area contributed by atoms with Crippen LogP contribution in [0.3, 0.4) is 0 Å². The molecule has 0 amide bonds.